The molecule has 0 unspecified atom stereocenters. The van der Waals surface area contributed by atoms with Gasteiger partial charge in [-0.25, -0.2) is 0 Å². The maximum Gasteiger partial charge on any atom is 0.0349 e. The summed E-state index contributed by atoms with van der Waals surface area (Å²) in [6.45, 7) is 4.24. The van der Waals surface area contributed by atoms with E-state index < -0.39 is 0 Å². The predicted molar refractivity (Wildman–Crippen MR) is 78.9 cm³/mol. The van der Waals surface area contributed by atoms with Gasteiger partial charge in [0.2, 0.25) is 0 Å². The molecule has 2 aromatic rings. The second-order valence-electron chi connectivity index (χ2n) is 4.63. The molecule has 17 heavy (non-hydrogen) atoms. The van der Waals surface area contributed by atoms with E-state index >= 15 is 0 Å². The number of nitrogens with one attached hydrogen (secondary N) is 1. The highest BCUT2D eigenvalue weighted by Gasteiger charge is 2.29. The number of halogens is 1. The summed E-state index contributed by atoms with van der Waals surface area (Å²) in [6.07, 6.45) is 2.74. The van der Waals surface area contributed by atoms with Gasteiger partial charge in [-0.15, -0.1) is 11.3 Å². The molecule has 1 nitrogen and oxygen atoms in total. The van der Waals surface area contributed by atoms with E-state index in [9.17, 15) is 0 Å². The molecule has 1 saturated carbocycles. The lowest BCUT2D eigenvalue weighted by Crippen LogP contribution is -2.11. The van der Waals surface area contributed by atoms with Gasteiger partial charge in [0.25, 0.3) is 0 Å². The zero-order valence-corrected chi connectivity index (χ0v) is 12.3. The van der Waals surface area contributed by atoms with Crippen LogP contribution in [0.15, 0.2) is 22.7 Å². The molecule has 0 amide bonds. The third kappa shape index (κ3) is 2.28. The number of rotatable bonds is 4. The molecular weight excluding hydrogens is 294 g/mol. The highest BCUT2D eigenvalue weighted by atomic mass is 79.9. The molecule has 1 heterocycles. The van der Waals surface area contributed by atoms with Crippen molar-refractivity contribution in [1.29, 1.82) is 0 Å². The highest BCUT2D eigenvalue weighted by molar-refractivity contribution is 9.10. The van der Waals surface area contributed by atoms with Crippen molar-refractivity contribution in [2.24, 2.45) is 0 Å². The molecule has 1 aromatic heterocycles. The molecular formula is C14H16BrNS. The van der Waals surface area contributed by atoms with Crippen molar-refractivity contribution in [3.05, 3.63) is 33.1 Å². The number of hydrogen-bond acceptors (Lipinski definition) is 2. The first-order valence-electron chi connectivity index (χ1n) is 6.21. The zero-order valence-electron chi connectivity index (χ0n) is 9.92. The van der Waals surface area contributed by atoms with E-state index in [1.807, 2.05) is 11.3 Å². The summed E-state index contributed by atoms with van der Waals surface area (Å²) in [5.74, 6) is 0.826. The fourth-order valence-corrected chi connectivity index (χ4v) is 3.93. The Morgan fingerprint density at radius 1 is 1.41 bits per heavy atom. The summed E-state index contributed by atoms with van der Waals surface area (Å²) in [5, 5.41) is 4.93. The normalized spacial score (nSPS) is 15.6. The lowest BCUT2D eigenvalue weighted by atomic mass is 10.1. The highest BCUT2D eigenvalue weighted by Crippen LogP contribution is 2.48. The van der Waals surface area contributed by atoms with Crippen LogP contribution in [0, 0.1) is 0 Å². The van der Waals surface area contributed by atoms with Crippen LogP contribution in [0.5, 0.6) is 0 Å². The van der Waals surface area contributed by atoms with Gasteiger partial charge in [-0.2, -0.15) is 0 Å². The standard InChI is InChI=1S/C14H16BrNS/c1-2-16-8-13-14(9-3-4-9)11-7-10(15)5-6-12(11)17-13/h5-7,9,16H,2-4,8H2,1H3. The van der Waals surface area contributed by atoms with Crippen LogP contribution >= 0.6 is 27.3 Å². The van der Waals surface area contributed by atoms with E-state index in [1.54, 1.807) is 10.4 Å². The Balaban J connectivity index is 2.10. The van der Waals surface area contributed by atoms with Crippen LogP contribution in [0.3, 0.4) is 0 Å². The Labute approximate surface area is 114 Å². The number of benzene rings is 1. The van der Waals surface area contributed by atoms with Crippen molar-refractivity contribution in [3.63, 3.8) is 0 Å². The smallest absolute Gasteiger partial charge is 0.0349 e. The van der Waals surface area contributed by atoms with Crippen molar-refractivity contribution in [1.82, 2.24) is 5.32 Å². The molecule has 0 radical (unpaired) electrons. The summed E-state index contributed by atoms with van der Waals surface area (Å²) in [4.78, 5) is 1.54. The molecule has 1 aromatic carbocycles. The fourth-order valence-electron chi connectivity index (χ4n) is 2.33. The average molecular weight is 310 g/mol. The molecule has 0 atom stereocenters. The average Bonchev–Trinajstić information content (AvgIpc) is 3.08. The van der Waals surface area contributed by atoms with E-state index in [1.165, 1.54) is 27.4 Å². The van der Waals surface area contributed by atoms with Crippen molar-refractivity contribution in [2.75, 3.05) is 6.54 Å². The van der Waals surface area contributed by atoms with Gasteiger partial charge in [0, 0.05) is 20.6 Å². The van der Waals surface area contributed by atoms with Gasteiger partial charge in [-0.05, 0) is 54.5 Å². The topological polar surface area (TPSA) is 12.0 Å². The van der Waals surface area contributed by atoms with Crippen LogP contribution in [-0.2, 0) is 6.54 Å². The number of hydrogen-bond donors (Lipinski definition) is 1. The molecule has 0 aliphatic heterocycles. The summed E-state index contributed by atoms with van der Waals surface area (Å²) in [5.41, 5.74) is 1.62. The Kier molecular flexibility index (Phi) is 3.24. The summed E-state index contributed by atoms with van der Waals surface area (Å²) >= 11 is 5.54. The predicted octanol–water partition coefficient (Wildman–Crippen LogP) is 4.65. The molecule has 1 aliphatic carbocycles. The SMILES string of the molecule is CCNCc1sc2ccc(Br)cc2c1C1CC1. The van der Waals surface area contributed by atoms with Crippen LogP contribution in [0.1, 0.15) is 36.1 Å². The number of fused-ring (bicyclic) bond motifs is 1. The summed E-state index contributed by atoms with van der Waals surface area (Å²) < 4.78 is 2.63. The van der Waals surface area contributed by atoms with Gasteiger partial charge in [-0.1, -0.05) is 22.9 Å². The van der Waals surface area contributed by atoms with Crippen molar-refractivity contribution in [2.45, 2.75) is 32.2 Å². The zero-order chi connectivity index (χ0) is 11.8. The van der Waals surface area contributed by atoms with Crippen LogP contribution in [0.25, 0.3) is 10.1 Å². The molecule has 3 heteroatoms. The van der Waals surface area contributed by atoms with Gasteiger partial charge in [-0.3, -0.25) is 0 Å². The molecule has 0 spiro atoms. The van der Waals surface area contributed by atoms with Gasteiger partial charge < -0.3 is 5.32 Å². The quantitative estimate of drug-likeness (QED) is 0.866. The van der Waals surface area contributed by atoms with Gasteiger partial charge in [0.1, 0.15) is 0 Å². The van der Waals surface area contributed by atoms with Gasteiger partial charge in [0.15, 0.2) is 0 Å². The Bertz CT molecular complexity index is 542. The first kappa shape index (κ1) is 11.7. The maximum absolute atomic E-state index is 3.59. The minimum Gasteiger partial charge on any atom is -0.312 e. The van der Waals surface area contributed by atoms with E-state index in [2.05, 4.69) is 46.4 Å². The molecule has 90 valence electrons. The summed E-state index contributed by atoms with van der Waals surface area (Å²) in [6, 6.07) is 6.67. The van der Waals surface area contributed by atoms with Crippen molar-refractivity contribution < 1.29 is 0 Å². The Hall–Kier alpha value is -0.380. The molecule has 1 aliphatic rings. The molecule has 0 saturated heterocycles. The van der Waals surface area contributed by atoms with Gasteiger partial charge in [0.05, 0.1) is 0 Å². The first-order chi connectivity index (χ1) is 8.29. The molecule has 0 bridgehead atoms. The molecule has 1 fully saturated rings. The molecule has 3 rings (SSSR count). The third-order valence-electron chi connectivity index (χ3n) is 3.29. The van der Waals surface area contributed by atoms with E-state index in [0.717, 1.165) is 19.0 Å². The lowest BCUT2D eigenvalue weighted by molar-refractivity contribution is 0.730. The second kappa shape index (κ2) is 4.71. The Morgan fingerprint density at radius 3 is 2.94 bits per heavy atom. The molecule has 1 N–H and O–H groups in total. The van der Waals surface area contributed by atoms with E-state index in [0.29, 0.717) is 0 Å². The fraction of sp³-hybridized carbons (Fsp3) is 0.429. The van der Waals surface area contributed by atoms with Crippen LogP contribution < -0.4 is 5.32 Å². The van der Waals surface area contributed by atoms with E-state index in [4.69, 9.17) is 0 Å². The van der Waals surface area contributed by atoms with Crippen LogP contribution in [0.2, 0.25) is 0 Å². The van der Waals surface area contributed by atoms with Crippen molar-refractivity contribution >= 4 is 37.4 Å². The van der Waals surface area contributed by atoms with E-state index in [-0.39, 0.29) is 0 Å². The Morgan fingerprint density at radius 2 is 2.24 bits per heavy atom. The van der Waals surface area contributed by atoms with Crippen molar-refractivity contribution in [3.8, 4) is 0 Å². The minimum atomic E-state index is 0.826. The number of thiophene rings is 1. The minimum absolute atomic E-state index is 0.826. The maximum atomic E-state index is 3.59. The third-order valence-corrected chi connectivity index (χ3v) is 4.97. The largest absolute Gasteiger partial charge is 0.312 e. The first-order valence-corrected chi connectivity index (χ1v) is 7.82. The van der Waals surface area contributed by atoms with Crippen LogP contribution in [-0.4, -0.2) is 6.54 Å². The summed E-state index contributed by atoms with van der Waals surface area (Å²) in [7, 11) is 0. The second-order valence-corrected chi connectivity index (χ2v) is 6.69. The van der Waals surface area contributed by atoms with Gasteiger partial charge >= 0.3 is 0 Å². The monoisotopic (exact) mass is 309 g/mol. The van der Waals surface area contributed by atoms with Crippen LogP contribution in [0.4, 0.5) is 0 Å². The lowest BCUT2D eigenvalue weighted by Gasteiger charge is -2.03.